The van der Waals surface area contributed by atoms with Crippen molar-refractivity contribution in [2.24, 2.45) is 0 Å². The van der Waals surface area contributed by atoms with Crippen molar-refractivity contribution in [3.8, 4) is 0 Å². The first-order valence-electron chi connectivity index (χ1n) is 14.8. The number of hydrogen-bond acceptors (Lipinski definition) is 5. The predicted molar refractivity (Wildman–Crippen MR) is 172 cm³/mol. The Balaban J connectivity index is 1.73. The third kappa shape index (κ3) is 7.04. The van der Waals surface area contributed by atoms with Gasteiger partial charge in [0.05, 0.1) is 18.2 Å². The largest absolute Gasteiger partial charge is 0.444 e. The number of hydroxylamine groups is 2. The zero-order valence-electron chi connectivity index (χ0n) is 25.9. The fraction of sp³-hybridized carbons (Fsp3) is 0.400. The number of amides is 1. The molecule has 0 spiro atoms. The molecule has 0 aromatic heterocycles. The van der Waals surface area contributed by atoms with E-state index in [9.17, 15) is 10.0 Å². The van der Waals surface area contributed by atoms with Crippen molar-refractivity contribution < 1.29 is 19.2 Å². The highest BCUT2D eigenvalue weighted by atomic mass is 28.4. The first kappa shape index (κ1) is 31.7. The molecule has 1 N–H and O–H groups in total. The van der Waals surface area contributed by atoms with Crippen LogP contribution in [-0.2, 0) is 15.7 Å². The summed E-state index contributed by atoms with van der Waals surface area (Å²) in [4.78, 5) is 15.4. The number of likely N-dealkylation sites (tertiary alicyclic amines) is 1. The summed E-state index contributed by atoms with van der Waals surface area (Å²) in [5.41, 5.74) is 0.305. The van der Waals surface area contributed by atoms with Crippen LogP contribution in [0.2, 0.25) is 5.04 Å². The van der Waals surface area contributed by atoms with Gasteiger partial charge in [-0.25, -0.2) is 4.79 Å². The van der Waals surface area contributed by atoms with Gasteiger partial charge >= 0.3 is 6.09 Å². The Morgan fingerprint density at radius 3 is 1.90 bits per heavy atom. The van der Waals surface area contributed by atoms with E-state index < -0.39 is 32.1 Å². The number of ether oxygens (including phenoxy) is 1. The summed E-state index contributed by atoms with van der Waals surface area (Å²) in [5, 5.41) is 14.7. The van der Waals surface area contributed by atoms with Gasteiger partial charge < -0.3 is 19.3 Å². The van der Waals surface area contributed by atoms with Crippen LogP contribution in [0.4, 0.5) is 4.79 Å². The molecule has 0 bridgehead atoms. The molecule has 4 rings (SSSR count). The van der Waals surface area contributed by atoms with Crippen molar-refractivity contribution in [2.75, 3.05) is 6.54 Å². The van der Waals surface area contributed by atoms with Gasteiger partial charge in [0.25, 0.3) is 8.32 Å². The first-order valence-corrected chi connectivity index (χ1v) is 16.7. The quantitative estimate of drug-likeness (QED) is 0.179. The summed E-state index contributed by atoms with van der Waals surface area (Å²) < 4.78 is 13.3. The van der Waals surface area contributed by atoms with Crippen LogP contribution in [0.1, 0.15) is 53.5 Å². The number of carbonyl (C=O) groups is 1. The SMILES string of the molecule is C=C[C@H]([C@@H]1C[C@@H](O[Si](c2ccccc2)(c2ccccc2)C(C)(C)C)CN1C(=O)OC(C)(C)C)N(O)Cc1ccccc1. The predicted octanol–water partition coefficient (Wildman–Crippen LogP) is 6.39. The number of rotatable bonds is 9. The molecule has 224 valence electrons. The van der Waals surface area contributed by atoms with Gasteiger partial charge in [0.15, 0.2) is 0 Å². The van der Waals surface area contributed by atoms with Crippen LogP contribution in [0.5, 0.6) is 0 Å². The lowest BCUT2D eigenvalue weighted by Gasteiger charge is -2.44. The molecule has 1 aliphatic rings. The molecule has 0 saturated carbocycles. The Hall–Kier alpha value is -3.23. The number of nitrogens with zero attached hydrogens (tertiary/aromatic N) is 2. The van der Waals surface area contributed by atoms with E-state index in [-0.39, 0.29) is 11.1 Å². The molecule has 1 fully saturated rings. The van der Waals surface area contributed by atoms with Crippen molar-refractivity contribution in [1.82, 2.24) is 9.96 Å². The summed E-state index contributed by atoms with van der Waals surface area (Å²) in [7, 11) is -2.87. The van der Waals surface area contributed by atoms with E-state index >= 15 is 0 Å². The second kappa shape index (κ2) is 13.0. The zero-order chi connectivity index (χ0) is 30.5. The summed E-state index contributed by atoms with van der Waals surface area (Å²) in [5.74, 6) is 0. The lowest BCUT2D eigenvalue weighted by atomic mass is 10.0. The third-order valence-corrected chi connectivity index (χ3v) is 13.0. The topological polar surface area (TPSA) is 62.2 Å². The molecule has 7 heteroatoms. The minimum atomic E-state index is -2.87. The van der Waals surface area contributed by atoms with Crippen molar-refractivity contribution in [3.63, 3.8) is 0 Å². The molecule has 0 unspecified atom stereocenters. The van der Waals surface area contributed by atoms with E-state index in [0.29, 0.717) is 19.5 Å². The molecule has 6 nitrogen and oxygen atoms in total. The summed E-state index contributed by atoms with van der Waals surface area (Å²) in [6.07, 6.45) is 1.56. The summed E-state index contributed by atoms with van der Waals surface area (Å²) >= 11 is 0. The molecule has 3 aromatic carbocycles. The maximum atomic E-state index is 13.6. The summed E-state index contributed by atoms with van der Waals surface area (Å²) in [6.45, 7) is 17.1. The van der Waals surface area contributed by atoms with Crippen molar-refractivity contribution in [2.45, 2.75) is 83.3 Å². The van der Waals surface area contributed by atoms with Gasteiger partial charge in [-0.2, -0.15) is 5.06 Å². The molecular weight excluding hydrogens is 540 g/mol. The normalized spacial score (nSPS) is 18.6. The van der Waals surface area contributed by atoms with Crippen molar-refractivity contribution in [1.29, 1.82) is 0 Å². The molecule has 0 radical (unpaired) electrons. The first-order chi connectivity index (χ1) is 19.9. The Morgan fingerprint density at radius 2 is 1.45 bits per heavy atom. The molecule has 0 aliphatic carbocycles. The number of carbonyl (C=O) groups excluding carboxylic acids is 1. The maximum absolute atomic E-state index is 13.6. The Labute approximate surface area is 252 Å². The van der Waals surface area contributed by atoms with Gasteiger partial charge in [-0.1, -0.05) is 118 Å². The molecule has 1 amide bonds. The Morgan fingerprint density at radius 1 is 0.952 bits per heavy atom. The van der Waals surface area contributed by atoms with E-state index in [1.165, 1.54) is 15.4 Å². The molecule has 3 atom stereocenters. The molecule has 1 saturated heterocycles. The lowest BCUT2D eigenvalue weighted by molar-refractivity contribution is -0.136. The molecule has 42 heavy (non-hydrogen) atoms. The van der Waals surface area contributed by atoms with Crippen LogP contribution in [0.15, 0.2) is 104 Å². The van der Waals surface area contributed by atoms with E-state index in [1.54, 1.807) is 11.0 Å². The fourth-order valence-electron chi connectivity index (χ4n) is 6.06. The Bertz CT molecular complexity index is 1270. The third-order valence-electron chi connectivity index (χ3n) is 7.86. The average Bonchev–Trinajstić information content (AvgIpc) is 3.35. The smallest absolute Gasteiger partial charge is 0.410 e. The second-order valence-corrected chi connectivity index (χ2v) is 17.4. The van der Waals surface area contributed by atoms with Crippen LogP contribution < -0.4 is 10.4 Å². The minimum Gasteiger partial charge on any atom is -0.444 e. The van der Waals surface area contributed by atoms with Gasteiger partial charge in [0.1, 0.15) is 5.60 Å². The lowest BCUT2D eigenvalue weighted by Crippen LogP contribution is -2.67. The van der Waals surface area contributed by atoms with Crippen LogP contribution in [-0.4, -0.2) is 59.9 Å². The van der Waals surface area contributed by atoms with Gasteiger partial charge in [0, 0.05) is 13.1 Å². The number of benzene rings is 3. The molecule has 1 heterocycles. The van der Waals surface area contributed by atoms with E-state index in [4.69, 9.17) is 9.16 Å². The fourth-order valence-corrected chi connectivity index (χ4v) is 10.7. The highest BCUT2D eigenvalue weighted by Gasteiger charge is 2.54. The van der Waals surface area contributed by atoms with Crippen LogP contribution in [0, 0.1) is 0 Å². The molecule has 3 aromatic rings. The van der Waals surface area contributed by atoms with E-state index in [0.717, 1.165) is 5.56 Å². The average molecular weight is 587 g/mol. The second-order valence-electron chi connectivity index (χ2n) is 13.1. The maximum Gasteiger partial charge on any atom is 0.410 e. The van der Waals surface area contributed by atoms with Gasteiger partial charge in [-0.15, -0.1) is 6.58 Å². The molecular formula is C35H46N2O4Si. The van der Waals surface area contributed by atoms with Crippen molar-refractivity contribution in [3.05, 3.63) is 109 Å². The zero-order valence-corrected chi connectivity index (χ0v) is 26.9. The Kier molecular flexibility index (Phi) is 9.78. The standard InChI is InChI=1S/C35H46N2O4Si/c1-8-31(37(39)25-27-18-12-9-13-19-27)32-24-28(26-36(32)33(38)40-34(2,3)4)41-42(35(5,6)7,29-20-14-10-15-21-29)30-22-16-11-17-23-30/h8-23,28,31-32,39H,1,24-26H2,2-7H3/t28-,31-,32+/m1/s1. The number of hydrogen-bond donors (Lipinski definition) is 1. The van der Waals surface area contributed by atoms with Crippen LogP contribution >= 0.6 is 0 Å². The van der Waals surface area contributed by atoms with Crippen LogP contribution in [0.25, 0.3) is 0 Å². The monoisotopic (exact) mass is 586 g/mol. The van der Waals surface area contributed by atoms with E-state index in [1.807, 2.05) is 63.2 Å². The van der Waals surface area contributed by atoms with Gasteiger partial charge in [0.2, 0.25) is 0 Å². The van der Waals surface area contributed by atoms with Crippen LogP contribution in [0.3, 0.4) is 0 Å². The van der Waals surface area contributed by atoms with Gasteiger partial charge in [-0.3, -0.25) is 0 Å². The molecule has 1 aliphatic heterocycles. The van der Waals surface area contributed by atoms with E-state index in [2.05, 4.69) is 75.9 Å². The highest BCUT2D eigenvalue weighted by molar-refractivity contribution is 6.99. The minimum absolute atomic E-state index is 0.210. The highest BCUT2D eigenvalue weighted by Crippen LogP contribution is 2.40. The summed E-state index contributed by atoms with van der Waals surface area (Å²) in [6, 6.07) is 29.9. The van der Waals surface area contributed by atoms with Crippen molar-refractivity contribution >= 4 is 24.8 Å². The van der Waals surface area contributed by atoms with Gasteiger partial charge in [-0.05, 0) is 48.2 Å².